The van der Waals surface area contributed by atoms with Crippen LogP contribution in [0.4, 0.5) is 5.69 Å². The van der Waals surface area contributed by atoms with Crippen LogP contribution in [-0.4, -0.2) is 26.1 Å². The maximum absolute atomic E-state index is 12.5. The number of aromatic nitrogens is 4. The second-order valence-electron chi connectivity index (χ2n) is 5.67. The third-order valence-corrected chi connectivity index (χ3v) is 4.11. The third kappa shape index (κ3) is 2.77. The number of anilines is 1. The molecule has 1 amide bonds. The van der Waals surface area contributed by atoms with E-state index in [0.29, 0.717) is 11.3 Å². The minimum absolute atomic E-state index is 0.292. The first-order chi connectivity index (χ1) is 12.2. The van der Waals surface area contributed by atoms with Gasteiger partial charge in [0.25, 0.3) is 0 Å². The van der Waals surface area contributed by atoms with Gasteiger partial charge in [-0.2, -0.15) is 5.10 Å². The van der Waals surface area contributed by atoms with Gasteiger partial charge in [-0.15, -0.1) is 0 Å². The van der Waals surface area contributed by atoms with E-state index in [0.717, 1.165) is 22.0 Å². The molecule has 7 heteroatoms. The molecule has 0 saturated heterocycles. The summed E-state index contributed by atoms with van der Waals surface area (Å²) in [5.74, 6) is -0.292. The number of amides is 1. The zero-order valence-corrected chi connectivity index (χ0v) is 13.2. The molecule has 0 fully saturated rings. The molecule has 0 spiro atoms. The zero-order valence-electron chi connectivity index (χ0n) is 13.2. The van der Waals surface area contributed by atoms with E-state index in [-0.39, 0.29) is 5.91 Å². The highest BCUT2D eigenvalue weighted by Gasteiger charge is 2.18. The molecule has 3 aromatic heterocycles. The van der Waals surface area contributed by atoms with Crippen molar-refractivity contribution in [3.63, 3.8) is 0 Å². The molecular weight excluding hydrogens is 316 g/mol. The number of carbonyl (C=O) groups is 1. The summed E-state index contributed by atoms with van der Waals surface area (Å²) < 4.78 is 0. The van der Waals surface area contributed by atoms with Gasteiger partial charge in [0.15, 0.2) is 0 Å². The quantitative estimate of drug-likeness (QED) is 0.460. The number of nitrogens with two attached hydrogens (primary N) is 1. The number of hydrogen-bond acceptors (Lipinski definition) is 4. The Morgan fingerprint density at radius 1 is 1.16 bits per heavy atom. The van der Waals surface area contributed by atoms with Crippen molar-refractivity contribution in [3.05, 3.63) is 66.9 Å². The zero-order chi connectivity index (χ0) is 17.2. The van der Waals surface area contributed by atoms with Crippen LogP contribution < -0.4 is 11.1 Å². The van der Waals surface area contributed by atoms with Crippen molar-refractivity contribution in [1.29, 1.82) is 0 Å². The average Bonchev–Trinajstić information content (AvgIpc) is 3.31. The molecule has 5 N–H and O–H groups in total. The molecule has 0 bridgehead atoms. The largest absolute Gasteiger partial charge is 0.359 e. The van der Waals surface area contributed by atoms with Crippen LogP contribution in [0.5, 0.6) is 0 Å². The normalized spacial score (nSPS) is 12.2. The van der Waals surface area contributed by atoms with E-state index in [1.54, 1.807) is 30.7 Å². The van der Waals surface area contributed by atoms with E-state index in [9.17, 15) is 4.79 Å². The number of rotatable bonds is 4. The van der Waals surface area contributed by atoms with Crippen molar-refractivity contribution in [1.82, 2.24) is 20.2 Å². The highest BCUT2D eigenvalue weighted by atomic mass is 16.2. The molecule has 4 aromatic rings. The van der Waals surface area contributed by atoms with Crippen molar-refractivity contribution in [2.75, 3.05) is 5.32 Å². The fraction of sp³-hybridized carbons (Fsp3) is 0.0556. The number of nitrogens with zero attached hydrogens (tertiary/aromatic N) is 2. The summed E-state index contributed by atoms with van der Waals surface area (Å²) in [5.41, 5.74) is 10.2. The van der Waals surface area contributed by atoms with Crippen LogP contribution in [-0.2, 0) is 4.79 Å². The molecule has 0 unspecified atom stereocenters. The Morgan fingerprint density at radius 3 is 2.84 bits per heavy atom. The highest BCUT2D eigenvalue weighted by Crippen LogP contribution is 2.32. The minimum Gasteiger partial charge on any atom is -0.359 e. The van der Waals surface area contributed by atoms with Gasteiger partial charge in [0.05, 0.1) is 17.4 Å². The first kappa shape index (κ1) is 15.1. The smallest absolute Gasteiger partial charge is 0.246 e. The molecule has 124 valence electrons. The standard InChI is InChI=1S/C18H16N6O/c19-16(11-3-2-6-20-7-11)18(25)24-15-5-1-4-13-14(10-21-17(13)15)12-8-22-23-9-12/h1-10,16,21H,19H2,(H,22,23)(H,24,25)/t16-/m1/s1. The van der Waals surface area contributed by atoms with E-state index in [2.05, 4.69) is 25.5 Å². The Balaban J connectivity index is 1.65. The van der Waals surface area contributed by atoms with E-state index < -0.39 is 6.04 Å². The molecule has 1 atom stereocenters. The summed E-state index contributed by atoms with van der Waals surface area (Å²) in [5, 5.41) is 10.7. The number of benzene rings is 1. The lowest BCUT2D eigenvalue weighted by Crippen LogP contribution is -2.27. The second-order valence-corrected chi connectivity index (χ2v) is 5.67. The highest BCUT2D eigenvalue weighted by molar-refractivity contribution is 6.06. The number of fused-ring (bicyclic) bond motifs is 1. The van der Waals surface area contributed by atoms with Gasteiger partial charge in [-0.25, -0.2) is 0 Å². The van der Waals surface area contributed by atoms with Crippen LogP contribution >= 0.6 is 0 Å². The van der Waals surface area contributed by atoms with Crippen molar-refractivity contribution < 1.29 is 4.79 Å². The number of pyridine rings is 1. The summed E-state index contributed by atoms with van der Waals surface area (Å²) in [4.78, 5) is 19.7. The number of nitrogens with one attached hydrogen (secondary N) is 3. The molecule has 1 aromatic carbocycles. The van der Waals surface area contributed by atoms with E-state index >= 15 is 0 Å². The Morgan fingerprint density at radius 2 is 2.08 bits per heavy atom. The third-order valence-electron chi connectivity index (χ3n) is 4.11. The number of para-hydroxylation sites is 1. The number of aromatic amines is 2. The Hall–Kier alpha value is -3.45. The van der Waals surface area contributed by atoms with Gasteiger partial charge in [0.1, 0.15) is 6.04 Å². The van der Waals surface area contributed by atoms with Crippen LogP contribution in [0.3, 0.4) is 0 Å². The van der Waals surface area contributed by atoms with Crippen LogP contribution in [0.2, 0.25) is 0 Å². The molecule has 0 aliphatic carbocycles. The molecule has 4 rings (SSSR count). The Labute approximate surface area is 143 Å². The molecule has 0 aliphatic rings. The number of carbonyl (C=O) groups excluding carboxylic acids is 1. The van der Waals surface area contributed by atoms with Crippen molar-refractivity contribution in [2.45, 2.75) is 6.04 Å². The predicted octanol–water partition coefficient (Wildman–Crippen LogP) is 2.59. The van der Waals surface area contributed by atoms with Gasteiger partial charge in [0.2, 0.25) is 5.91 Å². The van der Waals surface area contributed by atoms with E-state index in [1.165, 1.54) is 0 Å². The molecule has 7 nitrogen and oxygen atoms in total. The van der Waals surface area contributed by atoms with Crippen molar-refractivity contribution in [2.24, 2.45) is 5.73 Å². The second kappa shape index (κ2) is 6.21. The topological polar surface area (TPSA) is 112 Å². The Kier molecular flexibility index (Phi) is 3.75. The summed E-state index contributed by atoms with van der Waals surface area (Å²) in [6.45, 7) is 0. The fourth-order valence-electron chi connectivity index (χ4n) is 2.82. The average molecular weight is 332 g/mol. The van der Waals surface area contributed by atoms with Gasteiger partial charge < -0.3 is 16.0 Å². The molecule has 0 saturated carbocycles. The van der Waals surface area contributed by atoms with Gasteiger partial charge in [-0.3, -0.25) is 14.9 Å². The lowest BCUT2D eigenvalue weighted by molar-refractivity contribution is -0.117. The summed E-state index contributed by atoms with van der Waals surface area (Å²) >= 11 is 0. The first-order valence-electron chi connectivity index (χ1n) is 7.79. The Bertz CT molecular complexity index is 1010. The maximum Gasteiger partial charge on any atom is 0.246 e. The first-order valence-corrected chi connectivity index (χ1v) is 7.79. The van der Waals surface area contributed by atoms with Gasteiger partial charge in [0, 0.05) is 41.3 Å². The van der Waals surface area contributed by atoms with Crippen LogP contribution in [0, 0.1) is 0 Å². The molecule has 25 heavy (non-hydrogen) atoms. The van der Waals surface area contributed by atoms with E-state index in [4.69, 9.17) is 5.73 Å². The minimum atomic E-state index is -0.785. The summed E-state index contributed by atoms with van der Waals surface area (Å²) in [6, 6.07) is 8.48. The summed E-state index contributed by atoms with van der Waals surface area (Å²) in [6.07, 6.45) is 8.71. The van der Waals surface area contributed by atoms with Crippen molar-refractivity contribution >= 4 is 22.5 Å². The molecule has 0 radical (unpaired) electrons. The molecule has 0 aliphatic heterocycles. The fourth-order valence-corrected chi connectivity index (χ4v) is 2.82. The van der Waals surface area contributed by atoms with Gasteiger partial charge in [-0.05, 0) is 17.7 Å². The SMILES string of the molecule is N[C@@H](C(=O)Nc1cccc2c(-c3cn[nH]c3)c[nH]c12)c1cccnc1. The molecular formula is C18H16N6O. The van der Waals surface area contributed by atoms with Crippen LogP contribution in [0.15, 0.2) is 61.3 Å². The summed E-state index contributed by atoms with van der Waals surface area (Å²) in [7, 11) is 0. The number of hydrogen-bond donors (Lipinski definition) is 4. The lowest BCUT2D eigenvalue weighted by Gasteiger charge is -2.13. The molecule has 3 heterocycles. The maximum atomic E-state index is 12.5. The van der Waals surface area contributed by atoms with Crippen molar-refractivity contribution in [3.8, 4) is 11.1 Å². The van der Waals surface area contributed by atoms with E-state index in [1.807, 2.05) is 30.6 Å². The lowest BCUT2D eigenvalue weighted by atomic mass is 10.1. The van der Waals surface area contributed by atoms with Gasteiger partial charge in [-0.1, -0.05) is 18.2 Å². The van der Waals surface area contributed by atoms with Crippen LogP contribution in [0.25, 0.3) is 22.0 Å². The van der Waals surface area contributed by atoms with Gasteiger partial charge >= 0.3 is 0 Å². The predicted molar refractivity (Wildman–Crippen MR) is 95.7 cm³/mol. The van der Waals surface area contributed by atoms with Crippen LogP contribution in [0.1, 0.15) is 11.6 Å². The number of H-pyrrole nitrogens is 2. The monoisotopic (exact) mass is 332 g/mol.